The molecule has 4 aromatic rings. The van der Waals surface area contributed by atoms with Crippen LogP contribution in [-0.4, -0.2) is 107 Å². The summed E-state index contributed by atoms with van der Waals surface area (Å²) in [4.78, 5) is 57.0. The number of carbonyl (C=O) groups is 3. The van der Waals surface area contributed by atoms with E-state index >= 15 is 0 Å². The average molecular weight is 886 g/mol. The monoisotopic (exact) mass is 885 g/mol. The van der Waals surface area contributed by atoms with Gasteiger partial charge in [0.1, 0.15) is 24.0 Å². The molecule has 0 radical (unpaired) electrons. The molecule has 344 valence electrons. The normalized spacial score (nSPS) is 28.8. The van der Waals surface area contributed by atoms with Crippen LogP contribution in [-0.2, 0) is 36.7 Å². The number of methoxy groups -OCH3 is 1. The maximum atomic E-state index is 14.3. The number of fused-ring (bicyclic) bond motifs is 6. The van der Waals surface area contributed by atoms with Crippen molar-refractivity contribution in [1.82, 2.24) is 35.2 Å². The number of hydrazine groups is 1. The van der Waals surface area contributed by atoms with E-state index in [1.165, 1.54) is 17.9 Å². The molecule has 15 heteroatoms. The number of benzene rings is 1. The Labute approximate surface area is 381 Å². The van der Waals surface area contributed by atoms with Crippen LogP contribution in [0.4, 0.5) is 5.69 Å². The van der Waals surface area contributed by atoms with Gasteiger partial charge in [0, 0.05) is 85.3 Å². The number of piperazine rings is 1. The Morgan fingerprint density at radius 2 is 1.82 bits per heavy atom. The number of pyridine rings is 1. The van der Waals surface area contributed by atoms with Crippen LogP contribution in [0.25, 0.3) is 33.4 Å². The molecule has 2 saturated heterocycles. The van der Waals surface area contributed by atoms with E-state index in [1.807, 2.05) is 27.0 Å². The van der Waals surface area contributed by atoms with Crippen molar-refractivity contribution in [2.75, 3.05) is 51.3 Å². The number of hydrogen-bond acceptors (Lipinski definition) is 12. The van der Waals surface area contributed by atoms with Gasteiger partial charge in [-0.1, -0.05) is 33.8 Å². The van der Waals surface area contributed by atoms with Crippen molar-refractivity contribution in [2.45, 2.75) is 116 Å². The summed E-state index contributed by atoms with van der Waals surface area (Å²) in [5.74, 6) is -0.381. The van der Waals surface area contributed by atoms with E-state index in [9.17, 15) is 19.6 Å². The minimum absolute atomic E-state index is 0.0365. The van der Waals surface area contributed by atoms with Crippen LogP contribution in [0, 0.1) is 40.4 Å². The van der Waals surface area contributed by atoms with Crippen LogP contribution < -0.4 is 15.6 Å². The number of nitriles is 1. The summed E-state index contributed by atoms with van der Waals surface area (Å²) in [7, 11) is 1.72. The Morgan fingerprint density at radius 1 is 1.05 bits per heavy atom. The van der Waals surface area contributed by atoms with Gasteiger partial charge < -0.3 is 28.7 Å². The zero-order valence-electron chi connectivity index (χ0n) is 38.6. The van der Waals surface area contributed by atoms with E-state index in [1.54, 1.807) is 13.4 Å². The average Bonchev–Trinajstić information content (AvgIpc) is 4.16. The molecule has 10 rings (SSSR count). The molecule has 3 aliphatic carbocycles. The Balaban J connectivity index is 1.11. The van der Waals surface area contributed by atoms with E-state index in [0.29, 0.717) is 37.4 Å². The van der Waals surface area contributed by atoms with Crippen molar-refractivity contribution in [3.05, 3.63) is 53.9 Å². The molecule has 6 aliphatic rings. The molecule has 3 aromatic heterocycles. The van der Waals surface area contributed by atoms with Gasteiger partial charge in [0.25, 0.3) is 5.91 Å². The van der Waals surface area contributed by atoms with Crippen LogP contribution in [0.5, 0.6) is 0 Å². The summed E-state index contributed by atoms with van der Waals surface area (Å²) < 4.78 is 20.8. The summed E-state index contributed by atoms with van der Waals surface area (Å²) in [5.41, 5.74) is 10.1. The molecule has 1 aromatic carbocycles. The molecule has 0 spiro atoms. The molecular weight excluding hydrogens is 823 g/mol. The van der Waals surface area contributed by atoms with Gasteiger partial charge in [-0.15, -0.1) is 0 Å². The third-order valence-electron chi connectivity index (χ3n) is 15.4. The lowest BCUT2D eigenvalue weighted by molar-refractivity contribution is -0.155. The number of amides is 2. The van der Waals surface area contributed by atoms with Gasteiger partial charge in [-0.3, -0.25) is 29.3 Å². The lowest BCUT2D eigenvalue weighted by Gasteiger charge is -2.37. The van der Waals surface area contributed by atoms with Crippen molar-refractivity contribution in [1.29, 1.82) is 5.26 Å². The summed E-state index contributed by atoms with van der Waals surface area (Å²) in [6.45, 7) is 14.8. The van der Waals surface area contributed by atoms with E-state index < -0.39 is 23.5 Å². The highest BCUT2D eigenvalue weighted by molar-refractivity contribution is 5.96. The first-order valence-corrected chi connectivity index (χ1v) is 23.9. The first-order chi connectivity index (χ1) is 31.3. The fourth-order valence-electron chi connectivity index (χ4n) is 10.9. The topological polar surface area (TPSA) is 171 Å². The molecule has 65 heavy (non-hydrogen) atoms. The second kappa shape index (κ2) is 17.2. The molecule has 3 aliphatic heterocycles. The number of rotatable bonds is 8. The Bertz CT molecular complexity index is 2520. The number of cyclic esters (lactones) is 1. The zero-order chi connectivity index (χ0) is 45.3. The van der Waals surface area contributed by atoms with Crippen molar-refractivity contribution in [3.63, 3.8) is 0 Å². The molecular formula is C50H63N9O6. The Hall–Kier alpha value is -5.30. The van der Waals surface area contributed by atoms with Gasteiger partial charge in [0.2, 0.25) is 5.91 Å². The number of nitrogens with one attached hydrogen (secondary N) is 2. The highest BCUT2D eigenvalue weighted by atomic mass is 16.5. The summed E-state index contributed by atoms with van der Waals surface area (Å²) in [5, 5.41) is 15.5. The molecule has 2 amide bonds. The Morgan fingerprint density at radius 3 is 2.52 bits per heavy atom. The number of nitrogens with zero attached hydrogens (tertiary/aromatic N) is 7. The fourth-order valence-corrected chi connectivity index (χ4v) is 10.9. The van der Waals surface area contributed by atoms with E-state index in [-0.39, 0.29) is 60.7 Å². The van der Waals surface area contributed by atoms with Gasteiger partial charge in [-0.25, -0.2) is 10.4 Å². The number of oxazole rings is 1. The number of aromatic nitrogens is 3. The van der Waals surface area contributed by atoms with Crippen LogP contribution >= 0.6 is 0 Å². The molecule has 1 unspecified atom stereocenters. The number of ether oxygens (including phenoxy) is 2. The van der Waals surface area contributed by atoms with Gasteiger partial charge in [-0.05, 0) is 87.5 Å². The highest BCUT2D eigenvalue weighted by Crippen LogP contribution is 2.49. The quantitative estimate of drug-likeness (QED) is 0.188. The number of esters is 1. The van der Waals surface area contributed by atoms with Gasteiger partial charge in [-0.2, -0.15) is 5.26 Å². The second-order valence-electron chi connectivity index (χ2n) is 20.5. The van der Waals surface area contributed by atoms with Crippen molar-refractivity contribution >= 4 is 34.4 Å². The maximum Gasteiger partial charge on any atom is 0.324 e. The summed E-state index contributed by atoms with van der Waals surface area (Å²) in [6.07, 6.45) is 9.04. The minimum atomic E-state index is -0.963. The molecule has 2 N–H and O–H groups in total. The number of anilines is 1. The van der Waals surface area contributed by atoms with Gasteiger partial charge >= 0.3 is 5.97 Å². The van der Waals surface area contributed by atoms with Crippen molar-refractivity contribution in [3.8, 4) is 28.6 Å². The predicted octanol–water partition coefficient (Wildman–Crippen LogP) is 6.38. The SMILES string of the molecule is CO[C@@H](C)c1ncc(N2CCN(C3CC3)CC2)cc1-c1c2c3cc(ccc3n1C1CC(C#N)C1)-c1coc(n1)C[C@H](NC(=O)C1[C@@H](C)[C@H]1C)C(=O)N1CCC[C@H](N1)C(=O)OCC(C)(C)C2. The number of hydrogen-bond donors (Lipinski definition) is 2. The smallest absolute Gasteiger partial charge is 0.324 e. The third-order valence-corrected chi connectivity index (χ3v) is 15.4. The lowest BCUT2D eigenvalue weighted by Crippen LogP contribution is -2.60. The fraction of sp³-hybridized carbons (Fsp3) is 0.600. The van der Waals surface area contributed by atoms with Crippen molar-refractivity contribution in [2.24, 2.45) is 29.1 Å². The lowest BCUT2D eigenvalue weighted by atomic mass is 9.80. The molecule has 15 nitrogen and oxygen atoms in total. The summed E-state index contributed by atoms with van der Waals surface area (Å²) in [6, 6.07) is 10.3. The second-order valence-corrected chi connectivity index (χ2v) is 20.5. The molecule has 6 atom stereocenters. The predicted molar refractivity (Wildman–Crippen MR) is 244 cm³/mol. The highest BCUT2D eigenvalue weighted by Gasteiger charge is 2.49. The van der Waals surface area contributed by atoms with E-state index in [2.05, 4.69) is 69.3 Å². The minimum Gasteiger partial charge on any atom is -0.464 e. The molecule has 3 saturated carbocycles. The largest absolute Gasteiger partial charge is 0.464 e. The zero-order valence-corrected chi connectivity index (χ0v) is 38.6. The van der Waals surface area contributed by atoms with Gasteiger partial charge in [0.05, 0.1) is 54.4 Å². The first-order valence-electron chi connectivity index (χ1n) is 23.9. The maximum absolute atomic E-state index is 14.3. The molecule has 6 bridgehead atoms. The third kappa shape index (κ3) is 8.42. The summed E-state index contributed by atoms with van der Waals surface area (Å²) >= 11 is 0. The number of carbonyl (C=O) groups excluding carboxylic acids is 3. The van der Waals surface area contributed by atoms with Crippen LogP contribution in [0.1, 0.15) is 102 Å². The van der Waals surface area contributed by atoms with E-state index in [4.69, 9.17) is 23.9 Å². The standard InChI is InChI=1S/C50H63N9O6/c1-28-29(2)44(28)47(60)54-40-22-43-53-41(26-64-43)32-9-12-42-36(20-32)38(23-50(4,5)27-65-49(62)39-8-7-13-58(55-39)48(40)61)46(59(42)34-18-31(19-34)24-51)37-21-35(25-52-45(37)30(3)63-6)57-16-14-56(15-17-57)33-10-11-33/h9,12,20-21,25-26,28-31,33-34,39-40,44,55H,7-8,10-11,13-19,22-23,27H2,1-6H3,(H,54,60)/t28-,29+,30-,31?,34?,39-,40-,44?/m0/s1. The molecule has 6 heterocycles. The Kier molecular flexibility index (Phi) is 11.5. The van der Waals surface area contributed by atoms with Crippen molar-refractivity contribution < 1.29 is 28.3 Å². The van der Waals surface area contributed by atoms with Crippen LogP contribution in [0.3, 0.4) is 0 Å². The van der Waals surface area contributed by atoms with E-state index in [0.717, 1.165) is 89.7 Å². The van der Waals surface area contributed by atoms with Crippen LogP contribution in [0.15, 0.2) is 41.1 Å². The van der Waals surface area contributed by atoms with Gasteiger partial charge in [0.15, 0.2) is 5.89 Å². The first kappa shape index (κ1) is 43.6. The van der Waals surface area contributed by atoms with Crippen LogP contribution in [0.2, 0.25) is 0 Å². The molecule has 5 fully saturated rings.